The molecule has 0 spiro atoms. The molecule has 3 heterocycles. The molecule has 0 unspecified atom stereocenters. The lowest BCUT2D eigenvalue weighted by Gasteiger charge is -2.35. The molecule has 30 heavy (non-hydrogen) atoms. The van der Waals surface area contributed by atoms with E-state index in [-0.39, 0.29) is 18.1 Å². The maximum absolute atomic E-state index is 12.8. The Morgan fingerprint density at radius 2 is 2.00 bits per heavy atom. The van der Waals surface area contributed by atoms with Crippen LogP contribution < -0.4 is 15.9 Å². The van der Waals surface area contributed by atoms with E-state index in [0.29, 0.717) is 34.0 Å². The van der Waals surface area contributed by atoms with Gasteiger partial charge in [-0.25, -0.2) is 18.9 Å². The van der Waals surface area contributed by atoms with E-state index in [2.05, 4.69) is 34.1 Å². The Morgan fingerprint density at radius 3 is 2.70 bits per heavy atom. The van der Waals surface area contributed by atoms with Gasteiger partial charge in [-0.2, -0.15) is 0 Å². The highest BCUT2D eigenvalue weighted by atomic mass is 35.5. The van der Waals surface area contributed by atoms with E-state index in [1.165, 1.54) is 10.8 Å². The van der Waals surface area contributed by atoms with Gasteiger partial charge in [0.25, 0.3) is 0 Å². The number of piperidine rings is 1. The highest BCUT2D eigenvalue weighted by Gasteiger charge is 2.26. The van der Waals surface area contributed by atoms with E-state index in [1.807, 2.05) is 13.0 Å². The van der Waals surface area contributed by atoms with Crippen molar-refractivity contribution in [2.45, 2.75) is 33.7 Å². The first kappa shape index (κ1) is 20.4. The highest BCUT2D eigenvalue weighted by Crippen LogP contribution is 2.26. The molecule has 1 aliphatic rings. The van der Waals surface area contributed by atoms with Crippen LogP contribution in [0.15, 0.2) is 35.4 Å². The van der Waals surface area contributed by atoms with Crippen molar-refractivity contribution in [1.29, 1.82) is 0 Å². The SMILES string of the molecule is Cc1ccc(NC(=O)Cn2nc3c(N4C[C@H](C)C[C@@H](C)C4)nccn3c2=O)c(Cl)c1. The van der Waals surface area contributed by atoms with E-state index < -0.39 is 0 Å². The lowest BCUT2D eigenvalue weighted by Crippen LogP contribution is -2.39. The summed E-state index contributed by atoms with van der Waals surface area (Å²) in [6.45, 7) is 7.87. The first-order chi connectivity index (χ1) is 14.3. The van der Waals surface area contributed by atoms with Gasteiger partial charge in [0.15, 0.2) is 5.82 Å². The summed E-state index contributed by atoms with van der Waals surface area (Å²) in [6.07, 6.45) is 4.35. The van der Waals surface area contributed by atoms with Crippen LogP contribution in [0.1, 0.15) is 25.8 Å². The van der Waals surface area contributed by atoms with Gasteiger partial charge in [-0.3, -0.25) is 4.79 Å². The van der Waals surface area contributed by atoms with Gasteiger partial charge in [0.2, 0.25) is 11.6 Å². The fourth-order valence-corrected chi connectivity index (χ4v) is 4.43. The van der Waals surface area contributed by atoms with Gasteiger partial charge >= 0.3 is 5.69 Å². The summed E-state index contributed by atoms with van der Waals surface area (Å²) < 4.78 is 2.60. The third kappa shape index (κ3) is 4.05. The normalized spacial score (nSPS) is 19.3. The zero-order valence-electron chi connectivity index (χ0n) is 17.3. The van der Waals surface area contributed by atoms with Gasteiger partial charge in [-0.1, -0.05) is 31.5 Å². The standard InChI is InChI=1S/C21H25ClN6O2/c1-13-4-5-17(16(22)9-13)24-18(29)12-28-21(30)27-7-6-23-19(20(27)25-28)26-10-14(2)8-15(3)11-26/h4-7,9,14-15H,8,10-12H2,1-3H3,(H,24,29)/t14-,15-/m1/s1. The Morgan fingerprint density at radius 1 is 1.27 bits per heavy atom. The maximum atomic E-state index is 12.8. The van der Waals surface area contributed by atoms with Crippen molar-refractivity contribution >= 4 is 34.7 Å². The van der Waals surface area contributed by atoms with E-state index in [4.69, 9.17) is 11.6 Å². The molecule has 1 fully saturated rings. The molecule has 3 aromatic rings. The van der Waals surface area contributed by atoms with Crippen LogP contribution in [0.5, 0.6) is 0 Å². The van der Waals surface area contributed by atoms with E-state index in [9.17, 15) is 9.59 Å². The predicted octanol–water partition coefficient (Wildman–Crippen LogP) is 2.97. The minimum absolute atomic E-state index is 0.211. The molecular formula is C21H25ClN6O2. The summed E-state index contributed by atoms with van der Waals surface area (Å²) in [7, 11) is 0. The smallest absolute Gasteiger partial charge is 0.350 e. The summed E-state index contributed by atoms with van der Waals surface area (Å²) in [5.74, 6) is 1.37. The molecule has 0 saturated carbocycles. The fourth-order valence-electron chi connectivity index (χ4n) is 4.14. The number of aromatic nitrogens is 4. The molecule has 0 radical (unpaired) electrons. The minimum atomic E-state index is -0.378. The number of carbonyl (C=O) groups excluding carboxylic acids is 1. The Hall–Kier alpha value is -2.87. The molecule has 1 aromatic carbocycles. The van der Waals surface area contributed by atoms with Crippen LogP contribution in [0.3, 0.4) is 0 Å². The number of halogens is 1. The van der Waals surface area contributed by atoms with Crippen LogP contribution in [0, 0.1) is 18.8 Å². The molecule has 1 aliphatic heterocycles. The molecule has 2 aromatic heterocycles. The molecule has 1 N–H and O–H groups in total. The molecule has 2 atom stereocenters. The predicted molar refractivity (Wildman–Crippen MR) is 117 cm³/mol. The van der Waals surface area contributed by atoms with Crippen molar-refractivity contribution < 1.29 is 4.79 Å². The number of rotatable bonds is 4. The van der Waals surface area contributed by atoms with Crippen LogP contribution in [0.2, 0.25) is 5.02 Å². The lowest BCUT2D eigenvalue weighted by molar-refractivity contribution is -0.117. The summed E-state index contributed by atoms with van der Waals surface area (Å²) in [5.41, 5.74) is 1.58. The second-order valence-electron chi connectivity index (χ2n) is 8.27. The Labute approximate surface area is 179 Å². The number of amides is 1. The van der Waals surface area contributed by atoms with Crippen molar-refractivity contribution in [3.8, 4) is 0 Å². The quantitative estimate of drug-likeness (QED) is 0.690. The number of nitrogens with one attached hydrogen (secondary N) is 1. The minimum Gasteiger partial charge on any atom is -0.353 e. The first-order valence-electron chi connectivity index (χ1n) is 10.1. The number of benzene rings is 1. The van der Waals surface area contributed by atoms with Crippen molar-refractivity contribution in [1.82, 2.24) is 19.2 Å². The van der Waals surface area contributed by atoms with E-state index >= 15 is 0 Å². The average molecular weight is 429 g/mol. The van der Waals surface area contributed by atoms with Gasteiger partial charge in [-0.15, -0.1) is 5.10 Å². The van der Waals surface area contributed by atoms with Crippen molar-refractivity contribution in [3.63, 3.8) is 0 Å². The average Bonchev–Trinajstić information content (AvgIpc) is 2.99. The molecule has 0 bridgehead atoms. The zero-order valence-corrected chi connectivity index (χ0v) is 18.1. The number of anilines is 2. The monoisotopic (exact) mass is 428 g/mol. The van der Waals surface area contributed by atoms with Crippen molar-refractivity contribution in [3.05, 3.63) is 51.7 Å². The molecule has 1 amide bonds. The molecule has 9 heteroatoms. The molecule has 0 aliphatic carbocycles. The number of nitrogens with zero attached hydrogens (tertiary/aromatic N) is 5. The van der Waals surface area contributed by atoms with Gasteiger partial charge in [-0.05, 0) is 42.9 Å². The topological polar surface area (TPSA) is 84.5 Å². The summed E-state index contributed by atoms with van der Waals surface area (Å²) >= 11 is 6.19. The summed E-state index contributed by atoms with van der Waals surface area (Å²) in [5, 5.41) is 7.62. The number of hydrogen-bond donors (Lipinski definition) is 1. The zero-order chi connectivity index (χ0) is 21.4. The highest BCUT2D eigenvalue weighted by molar-refractivity contribution is 6.33. The number of hydrogen-bond acceptors (Lipinski definition) is 5. The van der Waals surface area contributed by atoms with E-state index in [0.717, 1.165) is 23.3 Å². The molecule has 1 saturated heterocycles. The summed E-state index contributed by atoms with van der Waals surface area (Å²) in [4.78, 5) is 32.0. The molecule has 4 rings (SSSR count). The van der Waals surface area contributed by atoms with E-state index in [1.54, 1.807) is 24.5 Å². The molecule has 8 nitrogen and oxygen atoms in total. The van der Waals surface area contributed by atoms with Gasteiger partial charge in [0.1, 0.15) is 6.54 Å². The van der Waals surface area contributed by atoms with Gasteiger partial charge in [0, 0.05) is 25.5 Å². The van der Waals surface area contributed by atoms with Crippen LogP contribution >= 0.6 is 11.6 Å². The number of aryl methyl sites for hydroxylation is 1. The third-order valence-corrected chi connectivity index (χ3v) is 5.66. The maximum Gasteiger partial charge on any atom is 0.350 e. The lowest BCUT2D eigenvalue weighted by atomic mass is 9.92. The molecular weight excluding hydrogens is 404 g/mol. The Balaban J connectivity index is 1.60. The number of carbonyl (C=O) groups is 1. The van der Waals surface area contributed by atoms with Crippen molar-refractivity contribution in [2.75, 3.05) is 23.3 Å². The van der Waals surface area contributed by atoms with Gasteiger partial charge < -0.3 is 10.2 Å². The molecule has 158 valence electrons. The number of fused-ring (bicyclic) bond motifs is 1. The summed E-state index contributed by atoms with van der Waals surface area (Å²) in [6, 6.07) is 5.37. The fraction of sp³-hybridized carbons (Fsp3) is 0.429. The second-order valence-corrected chi connectivity index (χ2v) is 8.67. The van der Waals surface area contributed by atoms with Crippen LogP contribution in [0.4, 0.5) is 11.5 Å². The first-order valence-corrected chi connectivity index (χ1v) is 10.4. The second kappa shape index (κ2) is 8.10. The van der Waals surface area contributed by atoms with Gasteiger partial charge in [0.05, 0.1) is 10.7 Å². The Bertz CT molecular complexity index is 1140. The van der Waals surface area contributed by atoms with Crippen LogP contribution in [-0.2, 0) is 11.3 Å². The third-order valence-electron chi connectivity index (χ3n) is 5.34. The van der Waals surface area contributed by atoms with Crippen LogP contribution in [-0.4, -0.2) is 38.2 Å². The largest absolute Gasteiger partial charge is 0.353 e. The van der Waals surface area contributed by atoms with Crippen molar-refractivity contribution in [2.24, 2.45) is 11.8 Å². The Kier molecular flexibility index (Phi) is 5.51. The van der Waals surface area contributed by atoms with Crippen LogP contribution in [0.25, 0.3) is 5.65 Å².